The number of carbonyl (C=O) groups excluding carboxylic acids is 2. The van der Waals surface area contributed by atoms with Gasteiger partial charge in [-0.1, -0.05) is 17.7 Å². The van der Waals surface area contributed by atoms with Crippen LogP contribution in [0.5, 0.6) is 17.2 Å². The van der Waals surface area contributed by atoms with Gasteiger partial charge in [0.05, 0.1) is 32.6 Å². The maximum Gasteiger partial charge on any atom is 0.277 e. The smallest absolute Gasteiger partial charge is 0.277 e. The highest BCUT2D eigenvalue weighted by atomic mass is 35.5. The Bertz CT molecular complexity index is 905. The number of anilines is 1. The first-order valence-electron chi connectivity index (χ1n) is 7.66. The molecular weight excluding hydrogens is 358 g/mol. The SMILES string of the molecule is COc1ccc(N2C(=O)C(Cl)=C(c3ccc(OC)c(OC)c3)C2=O)cc1. The van der Waals surface area contributed by atoms with E-state index in [1.807, 2.05) is 0 Å². The number of hydrogen-bond acceptors (Lipinski definition) is 5. The second kappa shape index (κ2) is 7.09. The van der Waals surface area contributed by atoms with E-state index >= 15 is 0 Å². The van der Waals surface area contributed by atoms with Gasteiger partial charge in [0.2, 0.25) is 0 Å². The van der Waals surface area contributed by atoms with Crippen LogP contribution in [0, 0.1) is 0 Å². The van der Waals surface area contributed by atoms with Crippen molar-refractivity contribution in [1.29, 1.82) is 0 Å². The number of amides is 2. The molecule has 1 heterocycles. The summed E-state index contributed by atoms with van der Waals surface area (Å²) in [5.74, 6) is 0.484. The maximum atomic E-state index is 12.9. The Hall–Kier alpha value is -2.99. The molecule has 0 radical (unpaired) electrons. The van der Waals surface area contributed by atoms with Gasteiger partial charge in [-0.2, -0.15) is 0 Å². The Morgan fingerprint density at radius 1 is 0.808 bits per heavy atom. The van der Waals surface area contributed by atoms with Gasteiger partial charge in [-0.3, -0.25) is 9.59 Å². The van der Waals surface area contributed by atoms with Gasteiger partial charge in [0.1, 0.15) is 10.8 Å². The summed E-state index contributed by atoms with van der Waals surface area (Å²) in [5, 5.41) is -0.141. The van der Waals surface area contributed by atoms with Crippen LogP contribution in [0.1, 0.15) is 5.56 Å². The molecule has 3 rings (SSSR count). The number of imide groups is 1. The molecule has 0 saturated carbocycles. The molecule has 134 valence electrons. The summed E-state index contributed by atoms with van der Waals surface area (Å²) in [6.07, 6.45) is 0. The Morgan fingerprint density at radius 3 is 2.04 bits per heavy atom. The second-order valence-corrected chi connectivity index (χ2v) is 5.78. The predicted molar refractivity (Wildman–Crippen MR) is 97.8 cm³/mol. The van der Waals surface area contributed by atoms with Crippen LogP contribution in [-0.2, 0) is 9.59 Å². The molecule has 0 spiro atoms. The summed E-state index contributed by atoms with van der Waals surface area (Å²) < 4.78 is 15.5. The van der Waals surface area contributed by atoms with Crippen LogP contribution in [0.25, 0.3) is 5.57 Å². The molecular formula is C19H16ClNO5. The second-order valence-electron chi connectivity index (χ2n) is 5.40. The van der Waals surface area contributed by atoms with Crippen LogP contribution in [0.3, 0.4) is 0 Å². The van der Waals surface area contributed by atoms with Crippen LogP contribution in [0.4, 0.5) is 5.69 Å². The Morgan fingerprint density at radius 2 is 1.46 bits per heavy atom. The highest BCUT2D eigenvalue weighted by molar-refractivity contribution is 6.60. The molecule has 0 aromatic heterocycles. The highest BCUT2D eigenvalue weighted by Gasteiger charge is 2.39. The van der Waals surface area contributed by atoms with Crippen molar-refractivity contribution in [3.05, 3.63) is 53.1 Å². The average Bonchev–Trinajstić information content (AvgIpc) is 2.90. The van der Waals surface area contributed by atoms with Gasteiger partial charge in [-0.25, -0.2) is 4.90 Å². The molecule has 2 amide bonds. The maximum absolute atomic E-state index is 12.9. The van der Waals surface area contributed by atoms with Gasteiger partial charge in [0.25, 0.3) is 11.8 Å². The lowest BCUT2D eigenvalue weighted by Gasteiger charge is -2.15. The molecule has 7 heteroatoms. The quantitative estimate of drug-likeness (QED) is 0.753. The minimum absolute atomic E-state index is 0.119. The summed E-state index contributed by atoms with van der Waals surface area (Å²) in [5.41, 5.74) is 1.00. The summed E-state index contributed by atoms with van der Waals surface area (Å²) in [7, 11) is 4.54. The lowest BCUT2D eigenvalue weighted by molar-refractivity contribution is -0.119. The fraction of sp³-hybridized carbons (Fsp3) is 0.158. The third-order valence-corrected chi connectivity index (χ3v) is 4.38. The molecule has 0 bridgehead atoms. The molecule has 0 aliphatic carbocycles. The van der Waals surface area contributed by atoms with Gasteiger partial charge in [0.15, 0.2) is 11.5 Å². The van der Waals surface area contributed by atoms with Crippen molar-refractivity contribution in [2.24, 2.45) is 0 Å². The van der Waals surface area contributed by atoms with Crippen molar-refractivity contribution < 1.29 is 23.8 Å². The van der Waals surface area contributed by atoms with E-state index in [1.54, 1.807) is 42.5 Å². The average molecular weight is 374 g/mol. The van der Waals surface area contributed by atoms with Crippen molar-refractivity contribution in [2.75, 3.05) is 26.2 Å². The van der Waals surface area contributed by atoms with E-state index in [2.05, 4.69) is 0 Å². The Balaban J connectivity index is 2.01. The van der Waals surface area contributed by atoms with E-state index in [1.165, 1.54) is 21.3 Å². The van der Waals surface area contributed by atoms with Crippen LogP contribution in [0.2, 0.25) is 0 Å². The van der Waals surface area contributed by atoms with E-state index in [9.17, 15) is 9.59 Å². The highest BCUT2D eigenvalue weighted by Crippen LogP contribution is 2.38. The van der Waals surface area contributed by atoms with Crippen molar-refractivity contribution >= 4 is 34.7 Å². The lowest BCUT2D eigenvalue weighted by atomic mass is 10.1. The van der Waals surface area contributed by atoms with E-state index in [0.29, 0.717) is 28.5 Å². The van der Waals surface area contributed by atoms with Gasteiger partial charge in [-0.05, 0) is 42.0 Å². The molecule has 6 nitrogen and oxygen atoms in total. The number of methoxy groups -OCH3 is 3. The Kier molecular flexibility index (Phi) is 4.86. The first-order valence-corrected chi connectivity index (χ1v) is 8.04. The number of halogens is 1. The van der Waals surface area contributed by atoms with Crippen molar-refractivity contribution in [2.45, 2.75) is 0 Å². The van der Waals surface area contributed by atoms with Gasteiger partial charge < -0.3 is 14.2 Å². The number of nitrogens with zero attached hydrogens (tertiary/aromatic N) is 1. The molecule has 0 unspecified atom stereocenters. The lowest BCUT2D eigenvalue weighted by Crippen LogP contribution is -2.31. The molecule has 26 heavy (non-hydrogen) atoms. The predicted octanol–water partition coefficient (Wildman–Crippen LogP) is 3.24. The van der Waals surface area contributed by atoms with Gasteiger partial charge in [0, 0.05) is 0 Å². The molecule has 2 aromatic rings. The van der Waals surface area contributed by atoms with E-state index in [0.717, 1.165) is 4.90 Å². The molecule has 0 atom stereocenters. The standard InChI is InChI=1S/C19H16ClNO5/c1-24-13-7-5-12(6-8-13)21-18(22)16(17(20)19(21)23)11-4-9-14(25-2)15(10-11)26-3/h4-10H,1-3H3. The van der Waals surface area contributed by atoms with E-state index < -0.39 is 11.8 Å². The van der Waals surface area contributed by atoms with Crippen LogP contribution in [-0.4, -0.2) is 33.1 Å². The zero-order valence-electron chi connectivity index (χ0n) is 14.4. The molecule has 2 aromatic carbocycles. The normalized spacial score (nSPS) is 14.1. The van der Waals surface area contributed by atoms with Crippen LogP contribution < -0.4 is 19.1 Å². The summed E-state index contributed by atoms with van der Waals surface area (Å²) in [6.45, 7) is 0. The van der Waals surface area contributed by atoms with Crippen LogP contribution >= 0.6 is 11.6 Å². The van der Waals surface area contributed by atoms with Gasteiger partial charge in [-0.15, -0.1) is 0 Å². The zero-order valence-corrected chi connectivity index (χ0v) is 15.2. The summed E-state index contributed by atoms with van der Waals surface area (Å²) >= 11 is 6.20. The minimum Gasteiger partial charge on any atom is -0.497 e. The number of hydrogen-bond donors (Lipinski definition) is 0. The molecule has 0 N–H and O–H groups in total. The summed E-state index contributed by atoms with van der Waals surface area (Å²) in [4.78, 5) is 26.5. The third kappa shape index (κ3) is 2.88. The number of carbonyl (C=O) groups is 2. The number of ether oxygens (including phenoxy) is 3. The first-order chi connectivity index (χ1) is 12.5. The molecule has 0 fully saturated rings. The topological polar surface area (TPSA) is 65.1 Å². The van der Waals surface area contributed by atoms with E-state index in [4.69, 9.17) is 25.8 Å². The van der Waals surface area contributed by atoms with E-state index in [-0.39, 0.29) is 10.6 Å². The van der Waals surface area contributed by atoms with Crippen molar-refractivity contribution in [3.63, 3.8) is 0 Å². The fourth-order valence-corrected chi connectivity index (χ4v) is 2.99. The van der Waals surface area contributed by atoms with Crippen molar-refractivity contribution in [1.82, 2.24) is 0 Å². The van der Waals surface area contributed by atoms with Gasteiger partial charge >= 0.3 is 0 Å². The zero-order chi connectivity index (χ0) is 18.8. The van der Waals surface area contributed by atoms with Crippen molar-refractivity contribution in [3.8, 4) is 17.2 Å². The minimum atomic E-state index is -0.577. The third-order valence-electron chi connectivity index (χ3n) is 4.03. The molecule has 1 aliphatic heterocycles. The monoisotopic (exact) mass is 373 g/mol. The first kappa shape index (κ1) is 17.8. The Labute approximate surface area is 155 Å². The fourth-order valence-electron chi connectivity index (χ4n) is 2.71. The summed E-state index contributed by atoms with van der Waals surface area (Å²) in [6, 6.07) is 11.5. The molecule has 0 saturated heterocycles. The number of rotatable bonds is 5. The largest absolute Gasteiger partial charge is 0.497 e. The van der Waals surface area contributed by atoms with Crippen LogP contribution in [0.15, 0.2) is 47.5 Å². The molecule has 1 aliphatic rings. The number of benzene rings is 2.